The molecule has 4 heteroatoms. The first kappa shape index (κ1) is 12.0. The zero-order chi connectivity index (χ0) is 11.9. The lowest BCUT2D eigenvalue weighted by atomic mass is 9.70. The van der Waals surface area contributed by atoms with Crippen molar-refractivity contribution in [3.63, 3.8) is 0 Å². The summed E-state index contributed by atoms with van der Waals surface area (Å²) in [5.74, 6) is 1.19. The number of rotatable bonds is 0. The quantitative estimate of drug-likeness (QED) is 0.650. The van der Waals surface area contributed by atoms with Crippen LogP contribution in [0.2, 0.25) is 0 Å². The predicted molar refractivity (Wildman–Crippen MR) is 54.9 cm³/mol. The second-order valence-corrected chi connectivity index (χ2v) is 5.20. The number of Topliss-reactive ketones (excluding diaryl/α,β-unsaturated/α-hetero) is 1. The molecule has 0 radical (unpaired) electrons. The largest absolute Gasteiger partial charge is 0.503 e. The number of hydrogen-bond donors (Lipinski definition) is 2. The van der Waals surface area contributed by atoms with E-state index in [2.05, 4.69) is 20.8 Å². The van der Waals surface area contributed by atoms with Gasteiger partial charge in [-0.3, -0.25) is 4.79 Å². The van der Waals surface area contributed by atoms with Crippen molar-refractivity contribution in [1.29, 1.82) is 0 Å². The Morgan fingerprint density at radius 3 is 1.93 bits per heavy atom. The van der Waals surface area contributed by atoms with Gasteiger partial charge in [0.1, 0.15) is 5.78 Å². The molecule has 2 unspecified atom stereocenters. The molecule has 0 heterocycles. The summed E-state index contributed by atoms with van der Waals surface area (Å²) in [6, 6.07) is 0. The van der Waals surface area contributed by atoms with E-state index in [-0.39, 0.29) is 10.8 Å². The summed E-state index contributed by atoms with van der Waals surface area (Å²) < 4.78 is 0. The molecule has 0 aromatic rings. The van der Waals surface area contributed by atoms with Gasteiger partial charge < -0.3 is 10.2 Å². The average molecular weight is 214 g/mol. The van der Waals surface area contributed by atoms with Crippen LogP contribution in [0.5, 0.6) is 0 Å². The zero-order valence-corrected chi connectivity index (χ0v) is 9.41. The van der Waals surface area contributed by atoms with Gasteiger partial charge in [-0.2, -0.15) is 0 Å². The van der Waals surface area contributed by atoms with Crippen LogP contribution in [0, 0.1) is 16.7 Å². The van der Waals surface area contributed by atoms with Crippen molar-refractivity contribution >= 4 is 11.9 Å². The lowest BCUT2D eigenvalue weighted by molar-refractivity contribution is -0.128. The van der Waals surface area contributed by atoms with Crippen LogP contribution >= 0.6 is 0 Å². The summed E-state index contributed by atoms with van der Waals surface area (Å²) in [5.41, 5.74) is 0.307. The molecule has 2 N–H and O–H groups in total. The highest BCUT2D eigenvalue weighted by Crippen LogP contribution is 2.63. The minimum absolute atomic E-state index is 0.0255. The summed E-state index contributed by atoms with van der Waals surface area (Å²) in [5, 5.41) is 13.9. The summed E-state index contributed by atoms with van der Waals surface area (Å²) in [6.45, 7) is 6.67. The number of carboxylic acid groups (broad SMARTS) is 2. The monoisotopic (exact) mass is 214 g/mol. The molecule has 2 fully saturated rings. The van der Waals surface area contributed by atoms with Crippen molar-refractivity contribution in [2.45, 2.75) is 40.0 Å². The van der Waals surface area contributed by atoms with Gasteiger partial charge in [0.2, 0.25) is 0 Å². The summed E-state index contributed by atoms with van der Waals surface area (Å²) in [7, 11) is 0. The van der Waals surface area contributed by atoms with Crippen molar-refractivity contribution in [3.8, 4) is 0 Å². The molecule has 2 bridgehead atoms. The maximum atomic E-state index is 11.6. The van der Waals surface area contributed by atoms with Crippen molar-refractivity contribution in [2.24, 2.45) is 16.7 Å². The van der Waals surface area contributed by atoms with Gasteiger partial charge in [-0.1, -0.05) is 20.8 Å². The molecule has 0 spiro atoms. The molecule has 0 aromatic heterocycles. The molecule has 2 saturated carbocycles. The molecule has 2 rings (SSSR count). The molecule has 0 aliphatic heterocycles. The minimum atomic E-state index is -1.83. The molecule has 0 aromatic carbocycles. The third kappa shape index (κ3) is 1.73. The maximum absolute atomic E-state index is 11.6. The Kier molecular flexibility index (Phi) is 2.81. The second-order valence-electron chi connectivity index (χ2n) is 5.20. The van der Waals surface area contributed by atoms with Gasteiger partial charge in [0, 0.05) is 11.8 Å². The van der Waals surface area contributed by atoms with Crippen molar-refractivity contribution in [2.75, 3.05) is 0 Å². The summed E-state index contributed by atoms with van der Waals surface area (Å²) in [6.07, 6.45) is 1.42. The fraction of sp³-hybridized carbons (Fsp3) is 0.818. The van der Waals surface area contributed by atoms with E-state index >= 15 is 0 Å². The fourth-order valence-corrected chi connectivity index (χ4v) is 2.90. The van der Waals surface area contributed by atoms with Gasteiger partial charge in [-0.25, -0.2) is 4.79 Å². The highest BCUT2D eigenvalue weighted by Gasteiger charge is 2.61. The topological polar surface area (TPSA) is 74.6 Å². The van der Waals surface area contributed by atoms with E-state index in [0.29, 0.717) is 11.7 Å². The Bertz CT molecular complexity index is 291. The van der Waals surface area contributed by atoms with E-state index in [1.165, 1.54) is 6.42 Å². The Morgan fingerprint density at radius 1 is 1.33 bits per heavy atom. The molecular formula is C11H18O4. The Hall–Kier alpha value is -1.06. The molecule has 2 aliphatic rings. The molecule has 2 atom stereocenters. The summed E-state index contributed by atoms with van der Waals surface area (Å²) >= 11 is 0. The van der Waals surface area contributed by atoms with E-state index in [0.717, 1.165) is 12.8 Å². The SMILES string of the molecule is CC12CCC(CC1=O)C2(C)C.O=C(O)O. The lowest BCUT2D eigenvalue weighted by Gasteiger charge is -2.32. The molecule has 0 saturated heterocycles. The van der Waals surface area contributed by atoms with Crippen LogP contribution in [0.3, 0.4) is 0 Å². The number of carbonyl (C=O) groups excluding carboxylic acids is 1. The minimum Gasteiger partial charge on any atom is -0.450 e. The van der Waals surface area contributed by atoms with Crippen LogP contribution in [0.1, 0.15) is 40.0 Å². The molecule has 2 aliphatic carbocycles. The normalized spacial score (nSPS) is 35.9. The second kappa shape index (κ2) is 3.51. The van der Waals surface area contributed by atoms with Gasteiger partial charge in [-0.05, 0) is 24.2 Å². The van der Waals surface area contributed by atoms with E-state index in [4.69, 9.17) is 15.0 Å². The third-order valence-corrected chi connectivity index (χ3v) is 4.48. The highest BCUT2D eigenvalue weighted by molar-refractivity contribution is 5.89. The van der Waals surface area contributed by atoms with Crippen LogP contribution in [0.25, 0.3) is 0 Å². The standard InChI is InChI=1S/C10H16O.CH2O3/c1-9(2)7-4-5-10(9,3)8(11)6-7;2-1(3)4/h7H,4-6H2,1-3H3;(H2,2,3,4). The number of fused-ring (bicyclic) bond motifs is 2. The van der Waals surface area contributed by atoms with Gasteiger partial charge >= 0.3 is 6.16 Å². The van der Waals surface area contributed by atoms with E-state index in [1.54, 1.807) is 0 Å². The van der Waals surface area contributed by atoms with E-state index in [9.17, 15) is 4.79 Å². The Labute approximate surface area is 89.3 Å². The smallest absolute Gasteiger partial charge is 0.450 e. The van der Waals surface area contributed by atoms with Crippen LogP contribution < -0.4 is 0 Å². The first-order chi connectivity index (χ1) is 6.72. The highest BCUT2D eigenvalue weighted by atomic mass is 16.6. The summed E-state index contributed by atoms with van der Waals surface area (Å²) in [4.78, 5) is 20.1. The fourth-order valence-electron chi connectivity index (χ4n) is 2.90. The van der Waals surface area contributed by atoms with Gasteiger partial charge in [0.15, 0.2) is 0 Å². The molecule has 86 valence electrons. The van der Waals surface area contributed by atoms with Gasteiger partial charge in [-0.15, -0.1) is 0 Å². The third-order valence-electron chi connectivity index (χ3n) is 4.48. The van der Waals surface area contributed by atoms with Crippen molar-refractivity contribution in [1.82, 2.24) is 0 Å². The molecule has 4 nitrogen and oxygen atoms in total. The average Bonchev–Trinajstić information content (AvgIpc) is 2.36. The van der Waals surface area contributed by atoms with Crippen LogP contribution in [-0.2, 0) is 4.79 Å². The van der Waals surface area contributed by atoms with Crippen LogP contribution in [0.4, 0.5) is 4.79 Å². The predicted octanol–water partition coefficient (Wildman–Crippen LogP) is 2.62. The Morgan fingerprint density at radius 2 is 1.80 bits per heavy atom. The zero-order valence-electron chi connectivity index (χ0n) is 9.41. The molecule has 0 amide bonds. The Balaban J connectivity index is 0.000000245. The van der Waals surface area contributed by atoms with Crippen LogP contribution in [0.15, 0.2) is 0 Å². The lowest BCUT2D eigenvalue weighted by Crippen LogP contribution is -2.32. The van der Waals surface area contributed by atoms with Crippen molar-refractivity contribution in [3.05, 3.63) is 0 Å². The maximum Gasteiger partial charge on any atom is 0.503 e. The van der Waals surface area contributed by atoms with Crippen LogP contribution in [-0.4, -0.2) is 22.2 Å². The van der Waals surface area contributed by atoms with E-state index in [1.807, 2.05) is 0 Å². The number of hydrogen-bond acceptors (Lipinski definition) is 2. The van der Waals surface area contributed by atoms with Crippen molar-refractivity contribution < 1.29 is 19.8 Å². The molecule has 15 heavy (non-hydrogen) atoms. The number of ketones is 1. The van der Waals surface area contributed by atoms with Gasteiger partial charge in [0.05, 0.1) is 0 Å². The molecular weight excluding hydrogens is 196 g/mol. The van der Waals surface area contributed by atoms with E-state index < -0.39 is 6.16 Å². The number of carbonyl (C=O) groups is 2. The first-order valence-corrected chi connectivity index (χ1v) is 5.17. The van der Waals surface area contributed by atoms with Gasteiger partial charge in [0.25, 0.3) is 0 Å². The first-order valence-electron chi connectivity index (χ1n) is 5.17.